The van der Waals surface area contributed by atoms with E-state index in [-0.39, 0.29) is 5.84 Å². The predicted octanol–water partition coefficient (Wildman–Crippen LogP) is 1.52. The molecule has 0 unspecified atom stereocenters. The summed E-state index contributed by atoms with van der Waals surface area (Å²) < 4.78 is 6.89. The Hall–Kier alpha value is -3.09. The molecule has 0 aliphatic rings. The molecule has 0 spiro atoms. The first-order chi connectivity index (χ1) is 10.2. The van der Waals surface area contributed by atoms with Gasteiger partial charge < -0.3 is 15.7 Å². The van der Waals surface area contributed by atoms with Crippen molar-refractivity contribution in [3.63, 3.8) is 0 Å². The molecule has 2 aromatic heterocycles. The quantitative estimate of drug-likeness (QED) is 0.329. The summed E-state index contributed by atoms with van der Waals surface area (Å²) in [5.74, 6) is 1.66. The van der Waals surface area contributed by atoms with Crippen molar-refractivity contribution >= 4 is 16.6 Å². The summed E-state index contributed by atoms with van der Waals surface area (Å²) in [6.07, 6.45) is 4.96. The van der Waals surface area contributed by atoms with Crippen LogP contribution in [0.15, 0.2) is 48.0 Å². The highest BCUT2D eigenvalue weighted by Crippen LogP contribution is 2.25. The summed E-state index contributed by atoms with van der Waals surface area (Å²) in [4.78, 5) is 8.46. The molecule has 0 saturated heterocycles. The number of fused-ring (bicyclic) bond motifs is 1. The van der Waals surface area contributed by atoms with Gasteiger partial charge >= 0.3 is 0 Å². The molecule has 106 valence electrons. The monoisotopic (exact) mass is 283 g/mol. The second-order valence-corrected chi connectivity index (χ2v) is 4.33. The lowest BCUT2D eigenvalue weighted by Gasteiger charge is -2.10. The lowest BCUT2D eigenvalue weighted by Crippen LogP contribution is -2.19. The molecule has 3 aromatic rings. The minimum atomic E-state index is -0.0766. The Bertz CT molecular complexity index is 825. The van der Waals surface area contributed by atoms with Gasteiger partial charge in [0.05, 0.1) is 7.11 Å². The zero-order valence-corrected chi connectivity index (χ0v) is 11.3. The molecule has 2 heterocycles. The van der Waals surface area contributed by atoms with Gasteiger partial charge in [-0.3, -0.25) is 4.57 Å². The first-order valence-corrected chi connectivity index (χ1v) is 6.19. The van der Waals surface area contributed by atoms with E-state index in [0.29, 0.717) is 11.6 Å². The van der Waals surface area contributed by atoms with Crippen molar-refractivity contribution < 1.29 is 9.94 Å². The first kappa shape index (κ1) is 12.9. The van der Waals surface area contributed by atoms with Crippen LogP contribution in [0.25, 0.3) is 16.6 Å². The van der Waals surface area contributed by atoms with Crippen molar-refractivity contribution in [2.75, 3.05) is 7.11 Å². The van der Waals surface area contributed by atoms with Crippen LogP contribution < -0.4 is 10.5 Å². The number of hydrogen-bond donors (Lipinski definition) is 2. The van der Waals surface area contributed by atoms with Gasteiger partial charge in [0.2, 0.25) is 5.84 Å². The first-order valence-electron chi connectivity index (χ1n) is 6.19. The van der Waals surface area contributed by atoms with Crippen LogP contribution >= 0.6 is 0 Å². The summed E-state index contributed by atoms with van der Waals surface area (Å²) in [6, 6.07) is 7.57. The molecular formula is C14H13N5O2. The van der Waals surface area contributed by atoms with Crippen LogP contribution in [0.2, 0.25) is 0 Å². The summed E-state index contributed by atoms with van der Waals surface area (Å²) >= 11 is 0. The van der Waals surface area contributed by atoms with E-state index in [2.05, 4.69) is 15.1 Å². The van der Waals surface area contributed by atoms with Crippen molar-refractivity contribution in [2.45, 2.75) is 0 Å². The number of benzene rings is 1. The fraction of sp³-hybridized carbons (Fsp3) is 0.0714. The minimum absolute atomic E-state index is 0.0766. The molecule has 0 radical (unpaired) electrons. The highest BCUT2D eigenvalue weighted by Gasteiger charge is 2.13. The Kier molecular flexibility index (Phi) is 3.15. The van der Waals surface area contributed by atoms with Gasteiger partial charge in [-0.25, -0.2) is 9.97 Å². The Morgan fingerprint density at radius 3 is 2.90 bits per heavy atom. The van der Waals surface area contributed by atoms with E-state index in [0.717, 1.165) is 16.5 Å². The predicted molar refractivity (Wildman–Crippen MR) is 77.9 cm³/mol. The second kappa shape index (κ2) is 5.12. The third-order valence-electron chi connectivity index (χ3n) is 3.16. The van der Waals surface area contributed by atoms with Crippen LogP contribution in [0, 0.1) is 0 Å². The standard InChI is InChI=1S/C14H13N5O2/c1-21-10-2-3-11-9(8-10)4-5-16-13(11)19-7-6-17-14(19)12(15)18-20/h2-8,20H,1H3,(H2,15,18). The molecule has 7 nitrogen and oxygen atoms in total. The number of nitrogens with two attached hydrogens (primary N) is 1. The fourth-order valence-electron chi connectivity index (χ4n) is 2.17. The molecular weight excluding hydrogens is 270 g/mol. The second-order valence-electron chi connectivity index (χ2n) is 4.33. The van der Waals surface area contributed by atoms with Crippen molar-refractivity contribution in [3.05, 3.63) is 48.7 Å². The van der Waals surface area contributed by atoms with Gasteiger partial charge in [0.1, 0.15) is 11.6 Å². The van der Waals surface area contributed by atoms with Crippen LogP contribution in [0.3, 0.4) is 0 Å². The lowest BCUT2D eigenvalue weighted by molar-refractivity contribution is 0.318. The van der Waals surface area contributed by atoms with E-state index in [9.17, 15) is 0 Å². The molecule has 21 heavy (non-hydrogen) atoms. The average molecular weight is 283 g/mol. The van der Waals surface area contributed by atoms with Gasteiger partial charge in [0.15, 0.2) is 5.82 Å². The summed E-state index contributed by atoms with van der Waals surface area (Å²) in [5.41, 5.74) is 5.64. The fourth-order valence-corrected chi connectivity index (χ4v) is 2.17. The van der Waals surface area contributed by atoms with Crippen LogP contribution in [-0.2, 0) is 0 Å². The van der Waals surface area contributed by atoms with Gasteiger partial charge in [-0.2, -0.15) is 0 Å². The van der Waals surface area contributed by atoms with Gasteiger partial charge in [-0.1, -0.05) is 5.16 Å². The van der Waals surface area contributed by atoms with E-state index < -0.39 is 0 Å². The number of hydrogen-bond acceptors (Lipinski definition) is 5. The van der Waals surface area contributed by atoms with E-state index >= 15 is 0 Å². The smallest absolute Gasteiger partial charge is 0.206 e. The number of rotatable bonds is 3. The number of ether oxygens (including phenoxy) is 1. The van der Waals surface area contributed by atoms with Crippen molar-refractivity contribution in [1.82, 2.24) is 14.5 Å². The molecule has 0 aliphatic carbocycles. The van der Waals surface area contributed by atoms with Crippen LogP contribution in [0.5, 0.6) is 5.75 Å². The summed E-state index contributed by atoms with van der Waals surface area (Å²) in [6.45, 7) is 0. The number of oxime groups is 1. The molecule has 7 heteroatoms. The molecule has 0 aliphatic heterocycles. The maximum Gasteiger partial charge on any atom is 0.206 e. The maximum absolute atomic E-state index is 8.83. The van der Waals surface area contributed by atoms with Crippen LogP contribution in [0.4, 0.5) is 0 Å². The van der Waals surface area contributed by atoms with Crippen molar-refractivity contribution in [2.24, 2.45) is 10.9 Å². The number of amidine groups is 1. The van der Waals surface area contributed by atoms with Crippen LogP contribution in [0.1, 0.15) is 5.82 Å². The molecule has 0 fully saturated rings. The third-order valence-corrected chi connectivity index (χ3v) is 3.16. The highest BCUT2D eigenvalue weighted by molar-refractivity contribution is 5.96. The largest absolute Gasteiger partial charge is 0.497 e. The van der Waals surface area contributed by atoms with E-state index in [1.54, 1.807) is 30.3 Å². The van der Waals surface area contributed by atoms with Gasteiger partial charge in [0, 0.05) is 24.0 Å². The molecule has 3 N–H and O–H groups in total. The number of aromatic nitrogens is 3. The highest BCUT2D eigenvalue weighted by atomic mass is 16.5. The van der Waals surface area contributed by atoms with E-state index in [4.69, 9.17) is 15.7 Å². The SMILES string of the molecule is COc1ccc2c(-n3ccnc3/C(N)=N/O)nccc2c1. The van der Waals surface area contributed by atoms with Gasteiger partial charge in [-0.05, 0) is 29.7 Å². The summed E-state index contributed by atoms with van der Waals surface area (Å²) in [7, 11) is 1.62. The van der Waals surface area contributed by atoms with Crippen molar-refractivity contribution in [1.29, 1.82) is 0 Å². The van der Waals surface area contributed by atoms with E-state index in [1.807, 2.05) is 24.3 Å². The maximum atomic E-state index is 8.83. The number of nitrogens with zero attached hydrogens (tertiary/aromatic N) is 4. The van der Waals surface area contributed by atoms with E-state index in [1.165, 1.54) is 0 Å². The zero-order valence-electron chi connectivity index (χ0n) is 11.3. The lowest BCUT2D eigenvalue weighted by atomic mass is 10.1. The number of pyridine rings is 1. The van der Waals surface area contributed by atoms with Gasteiger partial charge in [0.25, 0.3) is 0 Å². The Labute approximate surface area is 120 Å². The minimum Gasteiger partial charge on any atom is -0.497 e. The average Bonchev–Trinajstić information content (AvgIpc) is 3.02. The molecule has 0 bridgehead atoms. The molecule has 3 rings (SSSR count). The molecule has 1 aromatic carbocycles. The summed E-state index contributed by atoms with van der Waals surface area (Å²) in [5, 5.41) is 13.7. The molecule has 0 atom stereocenters. The normalized spacial score (nSPS) is 11.8. The molecule has 0 amide bonds. The third kappa shape index (κ3) is 2.14. The Morgan fingerprint density at radius 2 is 2.14 bits per heavy atom. The number of methoxy groups -OCH3 is 1. The number of imidazole rings is 1. The van der Waals surface area contributed by atoms with Crippen LogP contribution in [-0.4, -0.2) is 32.7 Å². The van der Waals surface area contributed by atoms with Gasteiger partial charge in [-0.15, -0.1) is 0 Å². The zero-order chi connectivity index (χ0) is 14.8. The Balaban J connectivity index is 2.24. The van der Waals surface area contributed by atoms with Crippen molar-refractivity contribution in [3.8, 4) is 11.6 Å². The molecule has 0 saturated carbocycles. The topological polar surface area (TPSA) is 98.6 Å². The Morgan fingerprint density at radius 1 is 1.29 bits per heavy atom.